The van der Waals surface area contributed by atoms with Crippen molar-refractivity contribution >= 4 is 25.3 Å². The van der Waals surface area contributed by atoms with Gasteiger partial charge in [-0.3, -0.25) is 14.2 Å². The molecule has 11 nitrogen and oxygen atoms in total. The number of nitrogens with zero attached hydrogens (tertiary/aromatic N) is 3. The first-order valence-electron chi connectivity index (χ1n) is 12.6. The molecule has 2 amide bonds. The molecule has 38 heavy (non-hydrogen) atoms. The van der Waals surface area contributed by atoms with Crippen molar-refractivity contribution in [1.29, 1.82) is 0 Å². The number of aromatic amines is 1. The molecule has 1 aromatic heterocycles. The topological polar surface area (TPSA) is 150 Å². The van der Waals surface area contributed by atoms with E-state index in [2.05, 4.69) is 29.8 Å². The minimum absolute atomic E-state index is 0.0695. The van der Waals surface area contributed by atoms with Gasteiger partial charge in [0.05, 0.1) is 18.8 Å². The SMILES string of the molecule is COP(=O)([O-])OCCCCCCNC(=O)CCC(=O)N1Cc2ccccc2-c2n[nH]nc2-c2ccccc21. The van der Waals surface area contributed by atoms with Gasteiger partial charge < -0.3 is 24.2 Å². The number of unbranched alkanes of at least 4 members (excludes halogenated alkanes) is 3. The Balaban J connectivity index is 1.30. The minimum Gasteiger partial charge on any atom is -0.756 e. The number of H-pyrrole nitrogens is 1. The van der Waals surface area contributed by atoms with Crippen molar-refractivity contribution in [3.8, 4) is 22.5 Å². The van der Waals surface area contributed by atoms with Crippen LogP contribution in [0.4, 0.5) is 5.69 Å². The lowest BCUT2D eigenvalue weighted by Crippen LogP contribution is -2.33. The number of fused-ring (bicyclic) bond motifs is 5. The van der Waals surface area contributed by atoms with Crippen LogP contribution in [0.1, 0.15) is 44.1 Å². The van der Waals surface area contributed by atoms with E-state index in [1.54, 1.807) is 4.90 Å². The maximum atomic E-state index is 13.4. The van der Waals surface area contributed by atoms with Crippen molar-refractivity contribution < 1.29 is 28.1 Å². The number of phosphoric ester groups is 1. The van der Waals surface area contributed by atoms with Gasteiger partial charge in [-0.25, -0.2) is 0 Å². The number of hydrogen-bond acceptors (Lipinski definition) is 8. The summed E-state index contributed by atoms with van der Waals surface area (Å²) < 4.78 is 20.0. The summed E-state index contributed by atoms with van der Waals surface area (Å²) in [5.41, 5.74) is 4.80. The van der Waals surface area contributed by atoms with Gasteiger partial charge in [-0.15, -0.1) is 0 Å². The number of benzene rings is 2. The van der Waals surface area contributed by atoms with Gasteiger partial charge in [0.25, 0.3) is 7.82 Å². The number of anilines is 1. The summed E-state index contributed by atoms with van der Waals surface area (Å²) in [5.74, 6) is -0.338. The maximum Gasteiger partial charge on any atom is 0.267 e. The second-order valence-corrected chi connectivity index (χ2v) is 10.4. The molecule has 1 unspecified atom stereocenters. The molecule has 0 spiro atoms. The third-order valence-corrected chi connectivity index (χ3v) is 7.28. The summed E-state index contributed by atoms with van der Waals surface area (Å²) in [6, 6.07) is 15.4. The third kappa shape index (κ3) is 6.93. The monoisotopic (exact) mass is 540 g/mol. The van der Waals surface area contributed by atoms with Crippen molar-refractivity contribution in [3.05, 3.63) is 54.1 Å². The van der Waals surface area contributed by atoms with Crippen molar-refractivity contribution in [1.82, 2.24) is 20.7 Å². The lowest BCUT2D eigenvalue weighted by molar-refractivity contribution is -0.223. The van der Waals surface area contributed by atoms with Crippen LogP contribution in [0, 0.1) is 0 Å². The predicted octanol–water partition coefficient (Wildman–Crippen LogP) is 3.57. The number of para-hydroxylation sites is 1. The molecular formula is C26H31N5O6P-. The highest BCUT2D eigenvalue weighted by Gasteiger charge is 2.27. The fraction of sp³-hybridized carbons (Fsp3) is 0.385. The third-order valence-electron chi connectivity index (χ3n) is 6.33. The number of carbonyl (C=O) groups is 2. The highest BCUT2D eigenvalue weighted by atomic mass is 31.2. The van der Waals surface area contributed by atoms with Gasteiger partial charge in [-0.1, -0.05) is 55.3 Å². The van der Waals surface area contributed by atoms with Crippen molar-refractivity contribution in [2.24, 2.45) is 0 Å². The van der Waals surface area contributed by atoms with E-state index in [0.29, 0.717) is 25.2 Å². The van der Waals surface area contributed by atoms with Crippen LogP contribution in [0.2, 0.25) is 0 Å². The summed E-state index contributed by atoms with van der Waals surface area (Å²) in [6.45, 7) is 0.919. The number of aromatic nitrogens is 3. The number of rotatable bonds is 12. The van der Waals surface area contributed by atoms with E-state index in [-0.39, 0.29) is 31.3 Å². The maximum absolute atomic E-state index is 13.4. The normalized spacial score (nSPS) is 13.9. The average molecular weight is 541 g/mol. The Hall–Kier alpha value is -3.37. The molecule has 0 saturated carbocycles. The van der Waals surface area contributed by atoms with Gasteiger partial charge in [-0.05, 0) is 24.5 Å². The molecule has 0 bridgehead atoms. The van der Waals surface area contributed by atoms with Gasteiger partial charge in [0, 0.05) is 37.6 Å². The Morgan fingerprint density at radius 1 is 1.00 bits per heavy atom. The molecule has 1 aliphatic heterocycles. The van der Waals surface area contributed by atoms with Crippen LogP contribution >= 0.6 is 7.82 Å². The number of hydrogen-bond donors (Lipinski definition) is 2. The second-order valence-electron chi connectivity index (χ2n) is 8.90. The lowest BCUT2D eigenvalue weighted by Gasteiger charge is -2.28. The lowest BCUT2D eigenvalue weighted by atomic mass is 9.95. The summed E-state index contributed by atoms with van der Waals surface area (Å²) in [6.07, 6.45) is 3.05. The van der Waals surface area contributed by atoms with Crippen molar-refractivity contribution in [2.75, 3.05) is 25.2 Å². The summed E-state index contributed by atoms with van der Waals surface area (Å²) in [7, 11) is -3.11. The van der Waals surface area contributed by atoms with Crippen LogP contribution < -0.4 is 15.1 Å². The van der Waals surface area contributed by atoms with E-state index in [0.717, 1.165) is 54.4 Å². The number of carbonyl (C=O) groups excluding carboxylic acids is 2. The van der Waals surface area contributed by atoms with E-state index < -0.39 is 7.82 Å². The zero-order valence-corrected chi connectivity index (χ0v) is 22.1. The van der Waals surface area contributed by atoms with E-state index >= 15 is 0 Å². The Labute approximate surface area is 221 Å². The number of phosphoric acid groups is 1. The molecule has 0 aliphatic carbocycles. The zero-order chi connectivity index (χ0) is 27.0. The zero-order valence-electron chi connectivity index (χ0n) is 21.2. The molecule has 1 aliphatic rings. The molecular weight excluding hydrogens is 509 g/mol. The summed E-state index contributed by atoms with van der Waals surface area (Å²) >= 11 is 0. The van der Waals surface area contributed by atoms with Crippen LogP contribution in [0.15, 0.2) is 48.5 Å². The largest absolute Gasteiger partial charge is 0.756 e. The smallest absolute Gasteiger partial charge is 0.267 e. The average Bonchev–Trinajstić information content (AvgIpc) is 3.40. The van der Waals surface area contributed by atoms with E-state index in [1.807, 2.05) is 48.5 Å². The molecule has 202 valence electrons. The fourth-order valence-electron chi connectivity index (χ4n) is 4.36. The molecule has 4 rings (SSSR count). The Bertz CT molecular complexity index is 1310. The molecule has 0 fully saturated rings. The van der Waals surface area contributed by atoms with Gasteiger partial charge in [-0.2, -0.15) is 15.4 Å². The number of nitrogens with one attached hydrogen (secondary N) is 2. The minimum atomic E-state index is -4.17. The highest BCUT2D eigenvalue weighted by Crippen LogP contribution is 2.40. The summed E-state index contributed by atoms with van der Waals surface area (Å²) in [4.78, 5) is 38.6. The molecule has 2 heterocycles. The standard InChI is InChI=1S/C26H32N5O6P/c1-36-38(34,35)37-17-9-3-2-8-16-27-23(32)14-15-24(33)31-18-19-10-4-5-11-20(19)25-26(29-30-28-25)21-12-6-7-13-22(21)31/h4-7,10-13H,2-3,8-9,14-18H2,1H3,(H,27,32)(H,34,35)(H,28,29,30)/p-1. The summed E-state index contributed by atoms with van der Waals surface area (Å²) in [5, 5.41) is 14.3. The first-order valence-corrected chi connectivity index (χ1v) is 14.0. The predicted molar refractivity (Wildman–Crippen MR) is 140 cm³/mol. The highest BCUT2D eigenvalue weighted by molar-refractivity contribution is 7.45. The molecule has 3 aromatic rings. The van der Waals surface area contributed by atoms with Crippen LogP contribution in [0.3, 0.4) is 0 Å². The van der Waals surface area contributed by atoms with Crippen LogP contribution in [-0.2, 0) is 29.7 Å². The molecule has 0 saturated heterocycles. The number of amides is 2. The Morgan fingerprint density at radius 2 is 1.68 bits per heavy atom. The molecule has 0 radical (unpaired) electrons. The van der Waals surface area contributed by atoms with E-state index in [4.69, 9.17) is 0 Å². The molecule has 2 N–H and O–H groups in total. The van der Waals surface area contributed by atoms with Gasteiger partial charge in [0.2, 0.25) is 11.8 Å². The van der Waals surface area contributed by atoms with Gasteiger partial charge in [0.15, 0.2) is 0 Å². The molecule has 12 heteroatoms. The van der Waals surface area contributed by atoms with E-state index in [9.17, 15) is 19.0 Å². The second kappa shape index (κ2) is 12.9. The van der Waals surface area contributed by atoms with Crippen LogP contribution in [0.5, 0.6) is 0 Å². The fourth-order valence-corrected chi connectivity index (χ4v) is 4.82. The first kappa shape index (κ1) is 27.7. The van der Waals surface area contributed by atoms with E-state index in [1.165, 1.54) is 0 Å². The Morgan fingerprint density at radius 3 is 2.47 bits per heavy atom. The molecule has 2 aromatic carbocycles. The van der Waals surface area contributed by atoms with Crippen molar-refractivity contribution in [2.45, 2.75) is 45.1 Å². The molecule has 1 atom stereocenters. The van der Waals surface area contributed by atoms with Crippen molar-refractivity contribution in [3.63, 3.8) is 0 Å². The first-order chi connectivity index (χ1) is 18.4. The van der Waals surface area contributed by atoms with Crippen LogP contribution in [0.25, 0.3) is 22.5 Å². The van der Waals surface area contributed by atoms with Gasteiger partial charge in [0.1, 0.15) is 11.4 Å². The van der Waals surface area contributed by atoms with Gasteiger partial charge >= 0.3 is 0 Å². The Kier molecular flexibility index (Phi) is 9.41. The van der Waals surface area contributed by atoms with Crippen LogP contribution in [-0.4, -0.2) is 47.5 Å². The quantitative estimate of drug-likeness (QED) is 0.262.